The molecule has 0 spiro atoms. The molecule has 1 saturated heterocycles. The molecule has 0 aromatic heterocycles. The van der Waals surface area contributed by atoms with Crippen molar-refractivity contribution in [3.8, 4) is 0 Å². The standard InChI is InChI=1S/C24H19Cl2FN2O4/c25-17-8-5-15(10-18(17)26)22(31)28(11-19(30)12-3-6-16(27)7-4-12)29-23(32)20-13-1-2-14(9-13)21(20)24(29)33/h3-8,10,13-14,20-21H,1-2,9,11H2/t13-,14-,20+,21+/m0/s1. The number of hydrogen-bond acceptors (Lipinski definition) is 4. The van der Waals surface area contributed by atoms with Gasteiger partial charge >= 0.3 is 0 Å². The third-order valence-electron chi connectivity index (χ3n) is 7.01. The highest BCUT2D eigenvalue weighted by Gasteiger charge is 2.62. The Bertz CT molecular complexity index is 1160. The second kappa shape index (κ2) is 8.22. The first-order valence-electron chi connectivity index (χ1n) is 10.7. The van der Waals surface area contributed by atoms with Gasteiger partial charge in [-0.3, -0.25) is 19.2 Å². The van der Waals surface area contributed by atoms with Gasteiger partial charge in [-0.15, -0.1) is 0 Å². The minimum Gasteiger partial charge on any atom is -0.292 e. The third kappa shape index (κ3) is 3.63. The molecule has 33 heavy (non-hydrogen) atoms. The number of benzene rings is 2. The first kappa shape index (κ1) is 22.0. The predicted octanol–water partition coefficient (Wildman–Crippen LogP) is 4.40. The highest BCUT2D eigenvalue weighted by Crippen LogP contribution is 2.56. The van der Waals surface area contributed by atoms with E-state index in [-0.39, 0.29) is 33.0 Å². The van der Waals surface area contributed by atoms with Crippen molar-refractivity contribution >= 4 is 46.7 Å². The van der Waals surface area contributed by atoms with Crippen LogP contribution < -0.4 is 0 Å². The normalized spacial score (nSPS) is 25.5. The van der Waals surface area contributed by atoms with E-state index in [1.54, 1.807) is 0 Å². The Kier molecular flexibility index (Phi) is 5.49. The molecule has 3 aliphatic rings. The van der Waals surface area contributed by atoms with Crippen LogP contribution in [0.25, 0.3) is 0 Å². The number of hydrazine groups is 1. The molecular formula is C24H19Cl2FN2O4. The van der Waals surface area contributed by atoms with Crippen LogP contribution in [0.2, 0.25) is 10.0 Å². The van der Waals surface area contributed by atoms with Gasteiger partial charge in [-0.1, -0.05) is 23.2 Å². The second-order valence-electron chi connectivity index (χ2n) is 8.79. The van der Waals surface area contributed by atoms with Crippen LogP contribution in [0.3, 0.4) is 0 Å². The van der Waals surface area contributed by atoms with Crippen molar-refractivity contribution in [1.82, 2.24) is 10.0 Å². The van der Waals surface area contributed by atoms with Gasteiger partial charge in [-0.25, -0.2) is 9.40 Å². The third-order valence-corrected chi connectivity index (χ3v) is 7.75. The summed E-state index contributed by atoms with van der Waals surface area (Å²) < 4.78 is 13.3. The summed E-state index contributed by atoms with van der Waals surface area (Å²) in [7, 11) is 0. The molecule has 5 rings (SSSR count). The van der Waals surface area contributed by atoms with Crippen molar-refractivity contribution in [2.24, 2.45) is 23.7 Å². The first-order valence-corrected chi connectivity index (χ1v) is 11.4. The van der Waals surface area contributed by atoms with E-state index in [2.05, 4.69) is 0 Å². The molecule has 2 aromatic rings. The maximum absolute atomic E-state index is 13.5. The number of ketones is 1. The van der Waals surface area contributed by atoms with Gasteiger partial charge in [0.15, 0.2) is 5.78 Å². The Labute approximate surface area is 199 Å². The van der Waals surface area contributed by atoms with Crippen LogP contribution in [-0.4, -0.2) is 40.1 Å². The van der Waals surface area contributed by atoms with E-state index in [1.807, 2.05) is 0 Å². The molecule has 3 fully saturated rings. The predicted molar refractivity (Wildman–Crippen MR) is 118 cm³/mol. The summed E-state index contributed by atoms with van der Waals surface area (Å²) in [5.41, 5.74) is 0.236. The lowest BCUT2D eigenvalue weighted by Gasteiger charge is -2.31. The molecule has 0 radical (unpaired) electrons. The van der Waals surface area contributed by atoms with Gasteiger partial charge in [-0.2, -0.15) is 5.01 Å². The largest absolute Gasteiger partial charge is 0.292 e. The van der Waals surface area contributed by atoms with Crippen molar-refractivity contribution in [3.63, 3.8) is 0 Å². The Morgan fingerprint density at radius 1 is 0.909 bits per heavy atom. The number of carbonyl (C=O) groups excluding carboxylic acids is 4. The van der Waals surface area contributed by atoms with Crippen LogP contribution >= 0.6 is 23.2 Å². The van der Waals surface area contributed by atoms with Crippen LogP contribution in [0.5, 0.6) is 0 Å². The molecule has 1 heterocycles. The number of Topliss-reactive ketones (excluding diaryl/α,β-unsaturated/α-hetero) is 1. The molecule has 2 aliphatic carbocycles. The molecule has 4 atom stereocenters. The van der Waals surface area contributed by atoms with E-state index in [4.69, 9.17) is 23.2 Å². The van der Waals surface area contributed by atoms with E-state index in [0.717, 1.165) is 41.4 Å². The smallest absolute Gasteiger partial charge is 0.273 e. The summed E-state index contributed by atoms with van der Waals surface area (Å²) in [5.74, 6) is -3.34. The van der Waals surface area contributed by atoms with Gasteiger partial charge in [0, 0.05) is 11.1 Å². The number of hydrogen-bond donors (Lipinski definition) is 0. The topological polar surface area (TPSA) is 74.8 Å². The van der Waals surface area contributed by atoms with E-state index >= 15 is 0 Å². The van der Waals surface area contributed by atoms with Gasteiger partial charge in [0.1, 0.15) is 12.4 Å². The summed E-state index contributed by atoms with van der Waals surface area (Å²) >= 11 is 12.0. The zero-order valence-corrected chi connectivity index (χ0v) is 18.9. The fraction of sp³-hybridized carbons (Fsp3) is 0.333. The fourth-order valence-electron chi connectivity index (χ4n) is 5.51. The molecule has 9 heteroatoms. The summed E-state index contributed by atoms with van der Waals surface area (Å²) in [6.45, 7) is -0.559. The lowest BCUT2D eigenvalue weighted by molar-refractivity contribution is -0.154. The number of carbonyl (C=O) groups is 4. The second-order valence-corrected chi connectivity index (χ2v) is 9.61. The summed E-state index contributed by atoms with van der Waals surface area (Å²) in [6.07, 6.45) is 2.61. The molecule has 2 aromatic carbocycles. The maximum Gasteiger partial charge on any atom is 0.273 e. The van der Waals surface area contributed by atoms with Crippen molar-refractivity contribution in [1.29, 1.82) is 0 Å². The van der Waals surface area contributed by atoms with E-state index in [9.17, 15) is 23.6 Å². The maximum atomic E-state index is 13.5. The molecule has 0 unspecified atom stereocenters. The van der Waals surface area contributed by atoms with Crippen LogP contribution in [0.15, 0.2) is 42.5 Å². The molecule has 3 amide bonds. The average molecular weight is 489 g/mol. The molecule has 6 nitrogen and oxygen atoms in total. The Morgan fingerprint density at radius 3 is 2.06 bits per heavy atom. The van der Waals surface area contributed by atoms with Crippen LogP contribution in [0.4, 0.5) is 4.39 Å². The highest BCUT2D eigenvalue weighted by atomic mass is 35.5. The molecule has 1 aliphatic heterocycles. The molecule has 0 N–H and O–H groups in total. The van der Waals surface area contributed by atoms with Gasteiger partial charge in [0.25, 0.3) is 17.7 Å². The van der Waals surface area contributed by atoms with Crippen molar-refractivity contribution < 1.29 is 23.6 Å². The summed E-state index contributed by atoms with van der Waals surface area (Å²) in [5, 5.41) is 2.11. The van der Waals surface area contributed by atoms with Gasteiger partial charge in [0.05, 0.1) is 21.9 Å². The molecule has 2 bridgehead atoms. The van der Waals surface area contributed by atoms with E-state index in [1.165, 1.54) is 30.3 Å². The Balaban J connectivity index is 1.51. The molecule has 2 saturated carbocycles. The van der Waals surface area contributed by atoms with Gasteiger partial charge in [0.2, 0.25) is 0 Å². The SMILES string of the molecule is O=C(CN(C(=O)c1ccc(Cl)c(Cl)c1)N1C(=O)[C@@H]2[C@H]3CC[C@@H](C3)[C@H]2C1=O)c1ccc(F)cc1. The van der Waals surface area contributed by atoms with Crippen LogP contribution in [-0.2, 0) is 9.59 Å². The van der Waals surface area contributed by atoms with Gasteiger partial charge in [-0.05, 0) is 73.6 Å². The van der Waals surface area contributed by atoms with Crippen molar-refractivity contribution in [3.05, 3.63) is 69.5 Å². The fourth-order valence-corrected chi connectivity index (χ4v) is 5.80. The van der Waals surface area contributed by atoms with Crippen molar-refractivity contribution in [2.75, 3.05) is 6.54 Å². The number of halogens is 3. The summed E-state index contributed by atoms with van der Waals surface area (Å²) in [6, 6.07) is 9.03. The van der Waals surface area contributed by atoms with E-state index < -0.39 is 47.7 Å². The quantitative estimate of drug-likeness (QED) is 0.461. The lowest BCUT2D eigenvalue weighted by atomic mass is 9.81. The number of fused-ring (bicyclic) bond motifs is 5. The lowest BCUT2D eigenvalue weighted by Crippen LogP contribution is -2.52. The average Bonchev–Trinajstić information content (AvgIpc) is 3.48. The minimum absolute atomic E-state index is 0.0805. The van der Waals surface area contributed by atoms with E-state index in [0.29, 0.717) is 0 Å². The van der Waals surface area contributed by atoms with Crippen LogP contribution in [0.1, 0.15) is 40.0 Å². The minimum atomic E-state index is -0.724. The number of amides is 3. The monoisotopic (exact) mass is 488 g/mol. The van der Waals surface area contributed by atoms with Gasteiger partial charge < -0.3 is 0 Å². The zero-order valence-electron chi connectivity index (χ0n) is 17.3. The summed E-state index contributed by atoms with van der Waals surface area (Å²) in [4.78, 5) is 53.1. The first-order chi connectivity index (χ1) is 15.8. The zero-order chi connectivity index (χ0) is 23.4. The van der Waals surface area contributed by atoms with Crippen molar-refractivity contribution in [2.45, 2.75) is 19.3 Å². The number of imide groups is 1. The number of nitrogens with zero attached hydrogens (tertiary/aromatic N) is 2. The molecule has 170 valence electrons. The number of rotatable bonds is 5. The Hall–Kier alpha value is -2.77. The molecular weight excluding hydrogens is 470 g/mol. The van der Waals surface area contributed by atoms with Crippen LogP contribution in [0, 0.1) is 29.5 Å². The highest BCUT2D eigenvalue weighted by molar-refractivity contribution is 6.42. The Morgan fingerprint density at radius 2 is 1.48 bits per heavy atom.